The minimum absolute atomic E-state index is 0.0776. The molecule has 2 unspecified atom stereocenters. The molecule has 79 heavy (non-hydrogen) atoms. The SMILES string of the molecule is CC/C=C\C/C=C\C/C=C\C/C=C\C/C=C\C/C=C\C/C=C\CCCCCCCCCCCCCCCCCCCC(=O)NC(CO)C(O)/C=C/CC/C=C/CC/C=C/CCCCCCCCCCCCCCCCCCCC. The van der Waals surface area contributed by atoms with Crippen LogP contribution in [-0.4, -0.2) is 34.9 Å². The van der Waals surface area contributed by atoms with Crippen LogP contribution in [0.3, 0.4) is 0 Å². The predicted octanol–water partition coefficient (Wildman–Crippen LogP) is 23.5. The van der Waals surface area contributed by atoms with Crippen molar-refractivity contribution in [3.05, 3.63) is 122 Å². The fourth-order valence-corrected chi connectivity index (χ4v) is 10.0. The fraction of sp³-hybridized carbons (Fsp3) is 0.720. The molecule has 0 aliphatic rings. The van der Waals surface area contributed by atoms with Gasteiger partial charge in [-0.25, -0.2) is 0 Å². The van der Waals surface area contributed by atoms with E-state index in [0.717, 1.165) is 83.5 Å². The molecular formula is C75H131NO3. The Morgan fingerprint density at radius 1 is 0.316 bits per heavy atom. The highest BCUT2D eigenvalue weighted by Gasteiger charge is 2.18. The first-order valence-corrected chi connectivity index (χ1v) is 34.2. The molecule has 4 nitrogen and oxygen atoms in total. The Labute approximate surface area is 492 Å². The second-order valence-electron chi connectivity index (χ2n) is 22.8. The minimum Gasteiger partial charge on any atom is -0.394 e. The summed E-state index contributed by atoms with van der Waals surface area (Å²) in [6.45, 7) is 4.20. The smallest absolute Gasteiger partial charge is 0.220 e. The molecule has 0 rings (SSSR count). The molecule has 0 heterocycles. The van der Waals surface area contributed by atoms with Gasteiger partial charge in [0.2, 0.25) is 5.91 Å². The molecular weight excluding hydrogens is 963 g/mol. The average molecular weight is 1090 g/mol. The first-order valence-electron chi connectivity index (χ1n) is 34.2. The number of carbonyl (C=O) groups is 1. The van der Waals surface area contributed by atoms with Crippen LogP contribution in [0.1, 0.15) is 328 Å². The van der Waals surface area contributed by atoms with Gasteiger partial charge >= 0.3 is 0 Å². The molecule has 0 aliphatic heterocycles. The Morgan fingerprint density at radius 2 is 0.570 bits per heavy atom. The molecule has 2 atom stereocenters. The van der Waals surface area contributed by atoms with Crippen molar-refractivity contribution in [2.45, 2.75) is 341 Å². The maximum atomic E-state index is 12.5. The number of unbranched alkanes of at least 4 members (excludes halogenated alkanes) is 37. The van der Waals surface area contributed by atoms with Gasteiger partial charge in [-0.2, -0.15) is 0 Å². The third-order valence-electron chi connectivity index (χ3n) is 15.2. The van der Waals surface area contributed by atoms with Crippen LogP contribution in [0.5, 0.6) is 0 Å². The van der Waals surface area contributed by atoms with Crippen molar-refractivity contribution in [1.29, 1.82) is 0 Å². The van der Waals surface area contributed by atoms with E-state index in [1.54, 1.807) is 6.08 Å². The largest absolute Gasteiger partial charge is 0.394 e. The average Bonchev–Trinajstić information content (AvgIpc) is 3.45. The lowest BCUT2D eigenvalue weighted by atomic mass is 10.0. The predicted molar refractivity (Wildman–Crippen MR) is 354 cm³/mol. The van der Waals surface area contributed by atoms with Crippen molar-refractivity contribution < 1.29 is 15.0 Å². The summed E-state index contributed by atoms with van der Waals surface area (Å²) >= 11 is 0. The highest BCUT2D eigenvalue weighted by Crippen LogP contribution is 2.17. The molecule has 4 heteroatoms. The zero-order chi connectivity index (χ0) is 56.9. The van der Waals surface area contributed by atoms with Crippen LogP contribution < -0.4 is 5.32 Å². The number of nitrogens with one attached hydrogen (secondary N) is 1. The monoisotopic (exact) mass is 1090 g/mol. The Kier molecular flexibility index (Phi) is 66.3. The Morgan fingerprint density at radius 3 is 0.886 bits per heavy atom. The molecule has 1 amide bonds. The van der Waals surface area contributed by atoms with Gasteiger partial charge in [-0.15, -0.1) is 0 Å². The van der Waals surface area contributed by atoms with Gasteiger partial charge in [0.15, 0.2) is 0 Å². The van der Waals surface area contributed by atoms with Crippen LogP contribution in [-0.2, 0) is 4.79 Å². The summed E-state index contributed by atoms with van der Waals surface area (Å²) in [6.07, 6.45) is 106. The van der Waals surface area contributed by atoms with E-state index >= 15 is 0 Å². The lowest BCUT2D eigenvalue weighted by Crippen LogP contribution is -2.45. The normalized spacial score (nSPS) is 13.5. The highest BCUT2D eigenvalue weighted by molar-refractivity contribution is 5.76. The van der Waals surface area contributed by atoms with Crippen LogP contribution in [0.15, 0.2) is 122 Å². The van der Waals surface area contributed by atoms with E-state index in [1.165, 1.54) is 225 Å². The lowest BCUT2D eigenvalue weighted by molar-refractivity contribution is -0.123. The summed E-state index contributed by atoms with van der Waals surface area (Å²) in [5.41, 5.74) is 0. The number of allylic oxidation sites excluding steroid dienone is 19. The summed E-state index contributed by atoms with van der Waals surface area (Å²) < 4.78 is 0. The van der Waals surface area contributed by atoms with Crippen molar-refractivity contribution in [1.82, 2.24) is 5.32 Å². The van der Waals surface area contributed by atoms with E-state index in [1.807, 2.05) is 6.08 Å². The first kappa shape index (κ1) is 75.8. The third kappa shape index (κ3) is 65.5. The van der Waals surface area contributed by atoms with Crippen molar-refractivity contribution in [3.63, 3.8) is 0 Å². The van der Waals surface area contributed by atoms with Crippen LogP contribution in [0.4, 0.5) is 0 Å². The summed E-state index contributed by atoms with van der Waals surface area (Å²) in [4.78, 5) is 12.5. The van der Waals surface area contributed by atoms with E-state index in [2.05, 4.69) is 129 Å². The summed E-state index contributed by atoms with van der Waals surface area (Å²) in [5.74, 6) is -0.0776. The zero-order valence-corrected chi connectivity index (χ0v) is 52.4. The van der Waals surface area contributed by atoms with Gasteiger partial charge in [0, 0.05) is 6.42 Å². The van der Waals surface area contributed by atoms with E-state index in [9.17, 15) is 15.0 Å². The quantitative estimate of drug-likeness (QED) is 0.0420. The molecule has 3 N–H and O–H groups in total. The fourth-order valence-electron chi connectivity index (χ4n) is 10.0. The second-order valence-corrected chi connectivity index (χ2v) is 22.8. The number of aliphatic hydroxyl groups excluding tert-OH is 2. The molecule has 0 saturated carbocycles. The number of hydrogen-bond donors (Lipinski definition) is 3. The number of aliphatic hydroxyl groups is 2. The van der Waals surface area contributed by atoms with Gasteiger partial charge in [-0.05, 0) is 103 Å². The Balaban J connectivity index is 3.54. The summed E-state index contributed by atoms with van der Waals surface area (Å²) in [6, 6.07) is -0.653. The standard InChI is InChI=1S/C75H131NO3/c1-3-5-7-9-11-13-15-17-19-21-23-25-27-29-31-33-34-35-36-37-38-39-40-41-42-43-45-47-49-51-53-55-57-59-61-63-65-67-69-71-75(79)76-73(72-77)74(78)70-68-66-64-62-60-58-56-54-52-50-48-46-44-32-30-28-26-24-22-20-18-16-14-12-10-8-6-4-2/h5,7,11,13,17,19,23,25,29,31,34-35,37-38,52,54,60,62,68,70,73-74,77-78H,3-4,6,8-10,12,14-16,18,20-22,24,26-28,30,32-33,36,39-51,53,55-59,61,63-67,69,71-72H2,1-2H3,(H,76,79)/b7-5-,13-11-,19-17-,25-23-,31-29-,35-34-,38-37-,54-52+,62-60+,70-68+. The van der Waals surface area contributed by atoms with E-state index in [-0.39, 0.29) is 12.5 Å². The lowest BCUT2D eigenvalue weighted by Gasteiger charge is -2.19. The van der Waals surface area contributed by atoms with Gasteiger partial charge in [-0.3, -0.25) is 4.79 Å². The van der Waals surface area contributed by atoms with E-state index < -0.39 is 12.1 Å². The van der Waals surface area contributed by atoms with Crippen LogP contribution in [0, 0.1) is 0 Å². The highest BCUT2D eigenvalue weighted by atomic mass is 16.3. The van der Waals surface area contributed by atoms with E-state index in [0.29, 0.717) is 6.42 Å². The van der Waals surface area contributed by atoms with Crippen LogP contribution in [0.2, 0.25) is 0 Å². The van der Waals surface area contributed by atoms with Crippen LogP contribution >= 0.6 is 0 Å². The van der Waals surface area contributed by atoms with Gasteiger partial charge in [0.1, 0.15) is 0 Å². The van der Waals surface area contributed by atoms with Gasteiger partial charge in [-0.1, -0.05) is 341 Å². The molecule has 0 aliphatic carbocycles. The zero-order valence-electron chi connectivity index (χ0n) is 52.4. The topological polar surface area (TPSA) is 69.6 Å². The maximum absolute atomic E-state index is 12.5. The number of rotatable bonds is 62. The molecule has 0 aromatic carbocycles. The number of hydrogen-bond acceptors (Lipinski definition) is 3. The molecule has 454 valence electrons. The molecule has 0 bridgehead atoms. The Hall–Kier alpha value is -3.21. The minimum atomic E-state index is -0.878. The third-order valence-corrected chi connectivity index (χ3v) is 15.2. The van der Waals surface area contributed by atoms with E-state index in [4.69, 9.17) is 0 Å². The summed E-state index contributed by atoms with van der Waals surface area (Å²) in [7, 11) is 0. The number of amides is 1. The number of carbonyl (C=O) groups excluding carboxylic acids is 1. The van der Waals surface area contributed by atoms with Gasteiger partial charge in [0.05, 0.1) is 18.8 Å². The maximum Gasteiger partial charge on any atom is 0.220 e. The molecule has 0 radical (unpaired) electrons. The first-order chi connectivity index (χ1) is 39.2. The Bertz CT molecular complexity index is 1520. The van der Waals surface area contributed by atoms with Gasteiger partial charge < -0.3 is 15.5 Å². The van der Waals surface area contributed by atoms with Crippen molar-refractivity contribution in [2.75, 3.05) is 6.61 Å². The van der Waals surface area contributed by atoms with Crippen molar-refractivity contribution >= 4 is 5.91 Å². The molecule has 0 fully saturated rings. The van der Waals surface area contributed by atoms with Crippen LogP contribution in [0.25, 0.3) is 0 Å². The molecule has 0 saturated heterocycles. The van der Waals surface area contributed by atoms with Gasteiger partial charge in [0.25, 0.3) is 0 Å². The molecule has 0 aromatic heterocycles. The van der Waals surface area contributed by atoms with Crippen molar-refractivity contribution in [3.8, 4) is 0 Å². The second kappa shape index (κ2) is 69.1. The summed E-state index contributed by atoms with van der Waals surface area (Å²) in [5, 5.41) is 23.2. The molecule has 0 spiro atoms. The molecule has 0 aromatic rings. The van der Waals surface area contributed by atoms with Crippen molar-refractivity contribution in [2.24, 2.45) is 0 Å².